The molecule has 0 spiro atoms. The first-order chi connectivity index (χ1) is 17.9. The Kier molecular flexibility index (Phi) is 8.42. The molecule has 4 nitrogen and oxygen atoms in total. The van der Waals surface area contributed by atoms with Crippen molar-refractivity contribution in [3.63, 3.8) is 0 Å². The Morgan fingerprint density at radius 3 is 2.49 bits per heavy atom. The number of benzodiazepines with no additional fused rings is 1. The quantitative estimate of drug-likeness (QED) is 0.312. The van der Waals surface area contributed by atoms with Crippen LogP contribution in [0.1, 0.15) is 35.1 Å². The van der Waals surface area contributed by atoms with E-state index >= 15 is 0 Å². The minimum absolute atomic E-state index is 0.0576. The predicted molar refractivity (Wildman–Crippen MR) is 154 cm³/mol. The Morgan fingerprint density at radius 2 is 1.78 bits per heavy atom. The maximum absolute atomic E-state index is 13.6. The van der Waals surface area contributed by atoms with Crippen molar-refractivity contribution in [1.29, 1.82) is 0 Å². The van der Waals surface area contributed by atoms with E-state index in [0.29, 0.717) is 17.2 Å². The number of phenols is 1. The second kappa shape index (κ2) is 11.9. The fourth-order valence-electron chi connectivity index (χ4n) is 4.57. The number of halogens is 1. The van der Waals surface area contributed by atoms with Crippen LogP contribution in [0.15, 0.2) is 109 Å². The predicted octanol–water partition coefficient (Wildman–Crippen LogP) is 7.09. The number of carbonyl (C=O) groups excluding carboxylic acids is 1. The van der Waals surface area contributed by atoms with Crippen molar-refractivity contribution in [2.45, 2.75) is 31.7 Å². The number of likely N-dealkylation sites (N-methyl/N-ethyl adjacent to an activating group) is 1. The van der Waals surface area contributed by atoms with E-state index in [4.69, 9.17) is 16.6 Å². The number of hydrogen-bond acceptors (Lipinski definition) is 3. The van der Waals surface area contributed by atoms with E-state index in [2.05, 4.69) is 25.3 Å². The van der Waals surface area contributed by atoms with E-state index in [9.17, 15) is 9.90 Å². The van der Waals surface area contributed by atoms with Gasteiger partial charge in [-0.05, 0) is 79.3 Å². The molecule has 1 aliphatic heterocycles. The van der Waals surface area contributed by atoms with Crippen molar-refractivity contribution >= 4 is 28.9 Å². The summed E-state index contributed by atoms with van der Waals surface area (Å²) in [4.78, 5) is 20.2. The van der Waals surface area contributed by atoms with Gasteiger partial charge in [0.25, 0.3) is 5.91 Å². The number of hydrogen-bond donors (Lipinski definition) is 1. The Labute approximate surface area is 223 Å². The smallest absolute Gasteiger partial charge is 0.251 e. The van der Waals surface area contributed by atoms with Crippen molar-refractivity contribution in [3.8, 4) is 5.75 Å². The third-order valence-electron chi connectivity index (χ3n) is 6.61. The molecule has 0 fully saturated rings. The second-order valence-corrected chi connectivity index (χ2v) is 9.60. The Balaban J connectivity index is 1.63. The molecule has 37 heavy (non-hydrogen) atoms. The van der Waals surface area contributed by atoms with Crippen LogP contribution >= 0.6 is 11.6 Å². The molecular formula is C32H31ClN2O2. The molecule has 0 radical (unpaired) electrons. The highest BCUT2D eigenvalue weighted by Crippen LogP contribution is 2.31. The van der Waals surface area contributed by atoms with E-state index in [1.807, 2.05) is 48.6 Å². The topological polar surface area (TPSA) is 52.9 Å². The zero-order chi connectivity index (χ0) is 26.4. The molecule has 1 aliphatic rings. The average molecular weight is 511 g/mol. The van der Waals surface area contributed by atoms with Crippen molar-refractivity contribution < 1.29 is 9.90 Å². The fourth-order valence-corrected chi connectivity index (χ4v) is 4.74. The van der Waals surface area contributed by atoms with Crippen molar-refractivity contribution in [1.82, 2.24) is 0 Å². The van der Waals surface area contributed by atoms with Crippen LogP contribution in [-0.4, -0.2) is 29.8 Å². The number of rotatable bonds is 9. The van der Waals surface area contributed by atoms with E-state index in [1.54, 1.807) is 36.2 Å². The lowest BCUT2D eigenvalue weighted by Crippen LogP contribution is -2.35. The summed E-state index contributed by atoms with van der Waals surface area (Å²) in [7, 11) is 1.79. The summed E-state index contributed by atoms with van der Waals surface area (Å²) in [6.07, 6.45) is 8.65. The molecular weight excluding hydrogens is 480 g/mol. The van der Waals surface area contributed by atoms with Gasteiger partial charge in [-0.1, -0.05) is 72.8 Å². The molecule has 0 aromatic heterocycles. The number of aliphatic imine (C=N–C) groups is 1. The first-order valence-corrected chi connectivity index (χ1v) is 12.7. The third-order valence-corrected chi connectivity index (χ3v) is 6.84. The van der Waals surface area contributed by atoms with Gasteiger partial charge in [-0.2, -0.15) is 0 Å². The molecule has 4 rings (SSSR count). The van der Waals surface area contributed by atoms with Crippen LogP contribution in [0.3, 0.4) is 0 Å². The third kappa shape index (κ3) is 6.28. The van der Waals surface area contributed by atoms with Gasteiger partial charge in [-0.3, -0.25) is 9.79 Å². The van der Waals surface area contributed by atoms with E-state index in [-0.39, 0.29) is 11.7 Å². The van der Waals surface area contributed by atoms with E-state index in [0.717, 1.165) is 41.6 Å². The van der Waals surface area contributed by atoms with Crippen LogP contribution < -0.4 is 4.90 Å². The highest BCUT2D eigenvalue weighted by Gasteiger charge is 2.30. The summed E-state index contributed by atoms with van der Waals surface area (Å²) in [5.41, 5.74) is 6.58. The zero-order valence-corrected chi connectivity index (χ0v) is 21.8. The lowest BCUT2D eigenvalue weighted by atomic mass is 9.95. The number of anilines is 1. The Hall–Kier alpha value is -3.89. The van der Waals surface area contributed by atoms with Gasteiger partial charge in [0, 0.05) is 23.2 Å². The molecule has 0 saturated heterocycles. The zero-order valence-electron chi connectivity index (χ0n) is 21.0. The van der Waals surface area contributed by atoms with Crippen molar-refractivity contribution in [2.24, 2.45) is 4.99 Å². The summed E-state index contributed by atoms with van der Waals surface area (Å²) in [5, 5.41) is 10.4. The molecule has 0 saturated carbocycles. The molecule has 1 unspecified atom stereocenters. The van der Waals surface area contributed by atoms with Gasteiger partial charge in [0.1, 0.15) is 11.8 Å². The van der Waals surface area contributed by atoms with Gasteiger partial charge in [0.15, 0.2) is 0 Å². The van der Waals surface area contributed by atoms with E-state index < -0.39 is 6.04 Å². The molecule has 1 amide bonds. The number of aryl methyl sites for hydroxylation is 2. The van der Waals surface area contributed by atoms with Crippen LogP contribution in [0, 0.1) is 0 Å². The van der Waals surface area contributed by atoms with Gasteiger partial charge in [-0.15, -0.1) is 0 Å². The van der Waals surface area contributed by atoms with Gasteiger partial charge >= 0.3 is 0 Å². The molecule has 0 aliphatic carbocycles. The summed E-state index contributed by atoms with van der Waals surface area (Å²) < 4.78 is 0. The molecule has 1 atom stereocenters. The Morgan fingerprint density at radius 1 is 1.08 bits per heavy atom. The lowest BCUT2D eigenvalue weighted by Gasteiger charge is -2.21. The highest BCUT2D eigenvalue weighted by molar-refractivity contribution is 6.32. The van der Waals surface area contributed by atoms with Gasteiger partial charge in [-0.25, -0.2) is 0 Å². The molecule has 1 N–H and O–H groups in total. The minimum Gasteiger partial charge on any atom is -0.508 e. The number of phenolic OH excluding ortho intramolecular Hbond substituents is 1. The molecule has 1 heterocycles. The molecule has 0 bridgehead atoms. The lowest BCUT2D eigenvalue weighted by molar-refractivity contribution is -0.119. The van der Waals surface area contributed by atoms with Crippen LogP contribution in [0.5, 0.6) is 5.75 Å². The summed E-state index contributed by atoms with van der Waals surface area (Å²) in [6.45, 7) is 7.84. The van der Waals surface area contributed by atoms with Crippen LogP contribution in [0.25, 0.3) is 0 Å². The van der Waals surface area contributed by atoms with Gasteiger partial charge in [0.2, 0.25) is 0 Å². The second-order valence-electron chi connectivity index (χ2n) is 9.16. The van der Waals surface area contributed by atoms with Crippen LogP contribution in [-0.2, 0) is 17.6 Å². The van der Waals surface area contributed by atoms with Crippen LogP contribution in [0.4, 0.5) is 5.69 Å². The number of amides is 1. The first kappa shape index (κ1) is 26.2. The summed E-state index contributed by atoms with van der Waals surface area (Å²) in [6, 6.07) is 20.2. The number of fused-ring (bicyclic) bond motifs is 1. The molecule has 3 aromatic carbocycles. The number of carbonyl (C=O) groups is 1. The largest absolute Gasteiger partial charge is 0.508 e. The molecule has 3 aromatic rings. The maximum atomic E-state index is 13.6. The highest BCUT2D eigenvalue weighted by atomic mass is 35.5. The van der Waals surface area contributed by atoms with E-state index in [1.165, 1.54) is 11.1 Å². The van der Waals surface area contributed by atoms with Gasteiger partial charge < -0.3 is 10.0 Å². The average Bonchev–Trinajstić information content (AvgIpc) is 3.00. The number of aromatic hydroxyl groups is 1. The molecule has 188 valence electrons. The first-order valence-electron chi connectivity index (χ1n) is 12.4. The number of nitrogens with zero attached hydrogens (tertiary/aromatic N) is 2. The summed E-state index contributed by atoms with van der Waals surface area (Å²) >= 11 is 6.35. The fraction of sp³-hybridized carbons (Fsp3) is 0.188. The normalized spacial score (nSPS) is 15.3. The standard InChI is InChI=1S/C32H31ClN2O2/c1-4-5-8-22(2)11-12-23-9-6-7-10-24(23)15-19-29-32(37)35(3)30-20-16-26(33)21-28(30)31(34-29)25-13-17-27(36)18-14-25/h4-10,13-14,16-18,20-21,29,36H,1-2,11-12,15,19H2,3H3/b8-5-. The van der Waals surface area contributed by atoms with Crippen molar-refractivity contribution in [2.75, 3.05) is 11.9 Å². The van der Waals surface area contributed by atoms with Crippen molar-refractivity contribution in [3.05, 3.63) is 131 Å². The summed E-state index contributed by atoms with van der Waals surface area (Å²) in [5.74, 6) is 0.117. The number of benzene rings is 3. The number of allylic oxidation sites excluding steroid dienone is 4. The van der Waals surface area contributed by atoms with Crippen LogP contribution in [0.2, 0.25) is 5.02 Å². The maximum Gasteiger partial charge on any atom is 0.251 e. The SMILES string of the molecule is C=C/C=C\C(=C)CCc1ccccc1CCC1N=C(c2ccc(O)cc2)c2cc(Cl)ccc2N(C)C1=O. The Bertz CT molecular complexity index is 1370. The minimum atomic E-state index is -0.557. The molecule has 5 heteroatoms. The van der Waals surface area contributed by atoms with Gasteiger partial charge in [0.05, 0.1) is 11.4 Å². The monoisotopic (exact) mass is 510 g/mol.